The highest BCUT2D eigenvalue weighted by Gasteiger charge is 2.22. The van der Waals surface area contributed by atoms with Crippen molar-refractivity contribution in [3.05, 3.63) is 28.8 Å². The molecule has 1 aliphatic rings. The monoisotopic (exact) mass is 295 g/mol. The molecular formula is C17H26ClNO. The van der Waals surface area contributed by atoms with Crippen molar-refractivity contribution in [1.29, 1.82) is 0 Å². The summed E-state index contributed by atoms with van der Waals surface area (Å²) in [4.78, 5) is 0. The summed E-state index contributed by atoms with van der Waals surface area (Å²) in [6.07, 6.45) is 8.09. The Morgan fingerprint density at radius 2 is 2.05 bits per heavy atom. The van der Waals surface area contributed by atoms with Gasteiger partial charge < -0.3 is 10.1 Å². The number of halogens is 1. The molecule has 2 rings (SSSR count). The van der Waals surface area contributed by atoms with Crippen molar-refractivity contribution in [1.82, 2.24) is 5.32 Å². The largest absolute Gasteiger partial charge is 0.496 e. The van der Waals surface area contributed by atoms with E-state index in [1.807, 2.05) is 12.1 Å². The summed E-state index contributed by atoms with van der Waals surface area (Å²) in [7, 11) is 1.73. The van der Waals surface area contributed by atoms with Gasteiger partial charge in [-0.1, -0.05) is 50.6 Å². The maximum Gasteiger partial charge on any atom is 0.123 e. The van der Waals surface area contributed by atoms with Crippen molar-refractivity contribution in [3.8, 4) is 5.75 Å². The zero-order valence-electron chi connectivity index (χ0n) is 12.6. The summed E-state index contributed by atoms with van der Waals surface area (Å²) < 4.78 is 5.52. The third-order valence-corrected chi connectivity index (χ3v) is 4.55. The summed E-state index contributed by atoms with van der Waals surface area (Å²) in [5.74, 6) is 1.77. The van der Waals surface area contributed by atoms with E-state index in [2.05, 4.69) is 18.3 Å². The van der Waals surface area contributed by atoms with Crippen LogP contribution in [0.1, 0.15) is 57.1 Å². The van der Waals surface area contributed by atoms with Gasteiger partial charge in [-0.3, -0.25) is 0 Å². The second-order valence-corrected chi connectivity index (χ2v) is 6.17. The molecule has 1 aromatic carbocycles. The number of nitrogens with one attached hydrogen (secondary N) is 1. The molecule has 0 amide bonds. The lowest BCUT2D eigenvalue weighted by Gasteiger charge is -2.28. The Labute approximate surface area is 127 Å². The van der Waals surface area contributed by atoms with E-state index in [1.54, 1.807) is 7.11 Å². The molecule has 0 radical (unpaired) electrons. The van der Waals surface area contributed by atoms with Crippen LogP contribution in [0.5, 0.6) is 5.75 Å². The third-order valence-electron chi connectivity index (χ3n) is 4.31. The topological polar surface area (TPSA) is 21.3 Å². The molecule has 0 heterocycles. The highest BCUT2D eigenvalue weighted by Crippen LogP contribution is 2.36. The maximum atomic E-state index is 6.18. The van der Waals surface area contributed by atoms with Crippen LogP contribution in [-0.2, 0) is 0 Å². The zero-order valence-corrected chi connectivity index (χ0v) is 13.4. The number of hydrogen-bond donors (Lipinski definition) is 1. The van der Waals surface area contributed by atoms with Crippen molar-refractivity contribution in [3.63, 3.8) is 0 Å². The lowest BCUT2D eigenvalue weighted by molar-refractivity contribution is 0.297. The maximum absolute atomic E-state index is 6.18. The molecular weight excluding hydrogens is 270 g/mol. The number of rotatable bonds is 6. The fraction of sp³-hybridized carbons (Fsp3) is 0.647. The molecule has 1 fully saturated rings. The van der Waals surface area contributed by atoms with Crippen LogP contribution < -0.4 is 10.1 Å². The first kappa shape index (κ1) is 15.7. The molecule has 1 aromatic rings. The van der Waals surface area contributed by atoms with Crippen LogP contribution in [0.25, 0.3) is 0 Å². The molecule has 1 N–H and O–H groups in total. The Morgan fingerprint density at radius 1 is 1.30 bits per heavy atom. The molecule has 1 atom stereocenters. The summed E-state index contributed by atoms with van der Waals surface area (Å²) >= 11 is 6.18. The molecule has 1 aliphatic carbocycles. The lowest BCUT2D eigenvalue weighted by Crippen LogP contribution is -2.25. The molecule has 1 unspecified atom stereocenters. The van der Waals surface area contributed by atoms with Crippen molar-refractivity contribution >= 4 is 11.6 Å². The fourth-order valence-electron chi connectivity index (χ4n) is 3.30. The molecule has 3 heteroatoms. The van der Waals surface area contributed by atoms with E-state index in [9.17, 15) is 0 Å². The molecule has 20 heavy (non-hydrogen) atoms. The van der Waals surface area contributed by atoms with E-state index in [-0.39, 0.29) is 0 Å². The van der Waals surface area contributed by atoms with Crippen LogP contribution in [0, 0.1) is 5.92 Å². The van der Waals surface area contributed by atoms with Gasteiger partial charge in [-0.2, -0.15) is 0 Å². The quantitative estimate of drug-likeness (QED) is 0.800. The van der Waals surface area contributed by atoms with E-state index in [0.29, 0.717) is 6.04 Å². The Bertz CT molecular complexity index is 415. The molecule has 0 bridgehead atoms. The normalized spacial score (nSPS) is 17.9. The Balaban J connectivity index is 2.16. The van der Waals surface area contributed by atoms with Gasteiger partial charge in [0.25, 0.3) is 0 Å². The SMILES string of the molecule is CCNC(CC1CCCCC1)c1cc(Cl)ccc1OC. The Hall–Kier alpha value is -0.730. The van der Waals surface area contributed by atoms with Gasteiger partial charge in [0.1, 0.15) is 5.75 Å². The molecule has 0 aliphatic heterocycles. The van der Waals surface area contributed by atoms with Crippen LogP contribution in [0.4, 0.5) is 0 Å². The van der Waals surface area contributed by atoms with Crippen LogP contribution >= 0.6 is 11.6 Å². The first-order valence-electron chi connectivity index (χ1n) is 7.81. The van der Waals surface area contributed by atoms with Crippen LogP contribution in [0.15, 0.2) is 18.2 Å². The number of benzene rings is 1. The van der Waals surface area contributed by atoms with E-state index in [0.717, 1.165) is 23.2 Å². The number of hydrogen-bond acceptors (Lipinski definition) is 2. The first-order valence-corrected chi connectivity index (χ1v) is 8.19. The van der Waals surface area contributed by atoms with Crippen molar-refractivity contribution in [2.24, 2.45) is 5.92 Å². The van der Waals surface area contributed by atoms with Gasteiger partial charge in [-0.15, -0.1) is 0 Å². The van der Waals surface area contributed by atoms with E-state index in [1.165, 1.54) is 44.1 Å². The fourth-order valence-corrected chi connectivity index (χ4v) is 3.48. The summed E-state index contributed by atoms with van der Waals surface area (Å²) in [6, 6.07) is 6.27. The van der Waals surface area contributed by atoms with Gasteiger partial charge >= 0.3 is 0 Å². The van der Waals surface area contributed by atoms with Gasteiger partial charge in [0.05, 0.1) is 7.11 Å². The molecule has 1 saturated carbocycles. The van der Waals surface area contributed by atoms with Gasteiger partial charge in [0, 0.05) is 16.6 Å². The Morgan fingerprint density at radius 3 is 2.70 bits per heavy atom. The van der Waals surface area contributed by atoms with Crippen molar-refractivity contribution in [2.45, 2.75) is 51.5 Å². The van der Waals surface area contributed by atoms with E-state index >= 15 is 0 Å². The van der Waals surface area contributed by atoms with E-state index in [4.69, 9.17) is 16.3 Å². The van der Waals surface area contributed by atoms with Gasteiger partial charge in [0.15, 0.2) is 0 Å². The first-order chi connectivity index (χ1) is 9.74. The second-order valence-electron chi connectivity index (χ2n) is 5.74. The van der Waals surface area contributed by atoms with E-state index < -0.39 is 0 Å². The highest BCUT2D eigenvalue weighted by molar-refractivity contribution is 6.30. The van der Waals surface area contributed by atoms with Gasteiger partial charge in [-0.25, -0.2) is 0 Å². The molecule has 112 valence electrons. The minimum Gasteiger partial charge on any atom is -0.496 e. The lowest BCUT2D eigenvalue weighted by atomic mass is 9.83. The average Bonchev–Trinajstić information content (AvgIpc) is 2.48. The number of methoxy groups -OCH3 is 1. The molecule has 0 spiro atoms. The molecule has 0 saturated heterocycles. The smallest absolute Gasteiger partial charge is 0.123 e. The van der Waals surface area contributed by atoms with Crippen molar-refractivity contribution < 1.29 is 4.74 Å². The summed E-state index contributed by atoms with van der Waals surface area (Å²) in [5.41, 5.74) is 1.20. The standard InChI is InChI=1S/C17H26ClNO/c1-3-19-16(11-13-7-5-4-6-8-13)15-12-14(18)9-10-17(15)20-2/h9-10,12-13,16,19H,3-8,11H2,1-2H3. The van der Waals surface area contributed by atoms with Crippen LogP contribution in [-0.4, -0.2) is 13.7 Å². The van der Waals surface area contributed by atoms with Crippen LogP contribution in [0.2, 0.25) is 5.02 Å². The average molecular weight is 296 g/mol. The predicted molar refractivity (Wildman–Crippen MR) is 85.6 cm³/mol. The van der Waals surface area contributed by atoms with Gasteiger partial charge in [0.2, 0.25) is 0 Å². The second kappa shape index (κ2) is 7.90. The minimum absolute atomic E-state index is 0.344. The van der Waals surface area contributed by atoms with Crippen LogP contribution in [0.3, 0.4) is 0 Å². The summed E-state index contributed by atoms with van der Waals surface area (Å²) in [6.45, 7) is 3.12. The highest BCUT2D eigenvalue weighted by atomic mass is 35.5. The Kier molecular flexibility index (Phi) is 6.18. The third kappa shape index (κ3) is 4.13. The predicted octanol–water partition coefficient (Wildman–Crippen LogP) is 4.97. The van der Waals surface area contributed by atoms with Crippen molar-refractivity contribution in [2.75, 3.05) is 13.7 Å². The van der Waals surface area contributed by atoms with Gasteiger partial charge in [-0.05, 0) is 37.1 Å². The summed E-state index contributed by atoms with van der Waals surface area (Å²) in [5, 5.41) is 4.39. The zero-order chi connectivity index (χ0) is 14.4. The molecule has 2 nitrogen and oxygen atoms in total. The minimum atomic E-state index is 0.344. The molecule has 0 aromatic heterocycles. The number of ether oxygens (including phenoxy) is 1.